The van der Waals surface area contributed by atoms with Gasteiger partial charge in [0.05, 0.1) is 6.42 Å². The first-order valence-corrected chi connectivity index (χ1v) is 7.12. The number of aromatic amines is 1. The van der Waals surface area contributed by atoms with E-state index in [9.17, 15) is 18.8 Å². The van der Waals surface area contributed by atoms with E-state index >= 15 is 0 Å². The summed E-state index contributed by atoms with van der Waals surface area (Å²) in [6.45, 7) is 0. The van der Waals surface area contributed by atoms with Crippen LogP contribution < -0.4 is 0 Å². The van der Waals surface area contributed by atoms with Crippen LogP contribution in [0.1, 0.15) is 16.8 Å². The van der Waals surface area contributed by atoms with Crippen molar-refractivity contribution in [3.63, 3.8) is 0 Å². The van der Waals surface area contributed by atoms with Crippen LogP contribution in [0.3, 0.4) is 0 Å². The maximum atomic E-state index is 13.0. The van der Waals surface area contributed by atoms with Gasteiger partial charge >= 0.3 is 5.97 Å². The molecular weight excluding hydrogens is 313 g/mol. The number of rotatable bonds is 5. The van der Waals surface area contributed by atoms with Crippen molar-refractivity contribution in [3.8, 4) is 11.3 Å². The van der Waals surface area contributed by atoms with E-state index in [0.29, 0.717) is 0 Å². The van der Waals surface area contributed by atoms with Gasteiger partial charge in [-0.2, -0.15) is 0 Å². The summed E-state index contributed by atoms with van der Waals surface area (Å²) in [6.07, 6.45) is -0.671. The van der Waals surface area contributed by atoms with Crippen LogP contribution in [0.4, 0.5) is 4.39 Å². The number of fused-ring (bicyclic) bond motifs is 1. The Labute approximate surface area is 135 Å². The molecule has 0 radical (unpaired) electrons. The molecule has 0 aliphatic heterocycles. The minimum Gasteiger partial charge on any atom is -0.475 e. The van der Waals surface area contributed by atoms with Crippen molar-refractivity contribution in [3.05, 3.63) is 59.9 Å². The molecule has 0 aliphatic rings. The second kappa shape index (κ2) is 6.08. The fraction of sp³-hybridized carbons (Fsp3) is 0.0556. The zero-order valence-electron chi connectivity index (χ0n) is 12.4. The molecular formula is C18H12FNO4. The molecule has 0 aliphatic carbocycles. The number of aliphatic carboxylic acids is 1. The third-order valence-corrected chi connectivity index (χ3v) is 3.66. The highest BCUT2D eigenvalue weighted by molar-refractivity contribution is 6.37. The largest absolute Gasteiger partial charge is 0.475 e. The summed E-state index contributed by atoms with van der Waals surface area (Å²) in [5, 5.41) is 9.30. The third kappa shape index (κ3) is 3.08. The second-order valence-electron chi connectivity index (χ2n) is 5.32. The van der Waals surface area contributed by atoms with Crippen LogP contribution in [0, 0.1) is 5.82 Å². The Morgan fingerprint density at radius 1 is 1.00 bits per heavy atom. The number of Topliss-reactive ketones (excluding diaryl/α,β-unsaturated/α-hetero) is 2. The fourth-order valence-corrected chi connectivity index (χ4v) is 2.41. The number of halogens is 1. The van der Waals surface area contributed by atoms with Gasteiger partial charge in [0, 0.05) is 22.2 Å². The Bertz CT molecular complexity index is 957. The molecule has 2 aromatic carbocycles. The van der Waals surface area contributed by atoms with Gasteiger partial charge < -0.3 is 10.1 Å². The van der Waals surface area contributed by atoms with Crippen molar-refractivity contribution in [1.29, 1.82) is 0 Å². The number of hydrogen-bond donors (Lipinski definition) is 2. The maximum Gasteiger partial charge on any atom is 0.372 e. The zero-order chi connectivity index (χ0) is 17.3. The predicted molar refractivity (Wildman–Crippen MR) is 85.3 cm³/mol. The van der Waals surface area contributed by atoms with Crippen LogP contribution in [-0.2, 0) is 9.59 Å². The van der Waals surface area contributed by atoms with Gasteiger partial charge in [-0.3, -0.25) is 9.59 Å². The maximum absolute atomic E-state index is 13.0. The number of nitrogens with one attached hydrogen (secondary N) is 1. The Morgan fingerprint density at radius 2 is 1.71 bits per heavy atom. The van der Waals surface area contributed by atoms with Crippen LogP contribution in [0.5, 0.6) is 0 Å². The van der Waals surface area contributed by atoms with Crippen LogP contribution >= 0.6 is 0 Å². The molecule has 1 aromatic heterocycles. The summed E-state index contributed by atoms with van der Waals surface area (Å²) in [7, 11) is 0. The molecule has 5 nitrogen and oxygen atoms in total. The first-order chi connectivity index (χ1) is 11.4. The van der Waals surface area contributed by atoms with Crippen molar-refractivity contribution >= 4 is 28.4 Å². The Balaban J connectivity index is 1.91. The van der Waals surface area contributed by atoms with Crippen LogP contribution in [-0.4, -0.2) is 27.6 Å². The molecule has 1 heterocycles. The van der Waals surface area contributed by atoms with E-state index in [1.807, 2.05) is 0 Å². The number of carboxylic acids is 1. The van der Waals surface area contributed by atoms with Gasteiger partial charge in [0.1, 0.15) is 5.82 Å². The molecule has 2 N–H and O–H groups in total. The van der Waals surface area contributed by atoms with Gasteiger partial charge in [-0.1, -0.05) is 0 Å². The van der Waals surface area contributed by atoms with Gasteiger partial charge in [0.15, 0.2) is 5.78 Å². The summed E-state index contributed by atoms with van der Waals surface area (Å²) in [4.78, 5) is 36.8. The number of carboxylic acid groups (broad SMARTS) is 1. The summed E-state index contributed by atoms with van der Waals surface area (Å²) in [6, 6.07) is 12.6. The molecule has 0 fully saturated rings. The molecule has 0 atom stereocenters. The zero-order valence-corrected chi connectivity index (χ0v) is 12.4. The smallest absolute Gasteiger partial charge is 0.372 e. The molecule has 3 rings (SSSR count). The lowest BCUT2D eigenvalue weighted by Gasteiger charge is -1.99. The summed E-state index contributed by atoms with van der Waals surface area (Å²) in [5.41, 5.74) is 2.59. The second-order valence-corrected chi connectivity index (χ2v) is 5.32. The van der Waals surface area contributed by atoms with Crippen molar-refractivity contribution in [1.82, 2.24) is 4.98 Å². The molecule has 0 bridgehead atoms. The van der Waals surface area contributed by atoms with E-state index in [4.69, 9.17) is 5.11 Å². The van der Waals surface area contributed by atoms with E-state index in [2.05, 4.69) is 4.98 Å². The molecule has 120 valence electrons. The molecule has 24 heavy (non-hydrogen) atoms. The summed E-state index contributed by atoms with van der Waals surface area (Å²) >= 11 is 0. The van der Waals surface area contributed by atoms with Gasteiger partial charge in [-0.05, 0) is 54.1 Å². The lowest BCUT2D eigenvalue weighted by molar-refractivity contribution is -0.148. The predicted octanol–water partition coefficient (Wildman–Crippen LogP) is 3.20. The van der Waals surface area contributed by atoms with Crippen LogP contribution in [0.15, 0.2) is 48.5 Å². The number of ketones is 2. The number of carbonyl (C=O) groups is 3. The third-order valence-electron chi connectivity index (χ3n) is 3.66. The fourth-order valence-electron chi connectivity index (χ4n) is 2.41. The highest BCUT2D eigenvalue weighted by atomic mass is 19.1. The molecule has 0 unspecified atom stereocenters. The average Bonchev–Trinajstić information content (AvgIpc) is 2.98. The monoisotopic (exact) mass is 325 g/mol. The average molecular weight is 325 g/mol. The highest BCUT2D eigenvalue weighted by Crippen LogP contribution is 2.25. The summed E-state index contributed by atoms with van der Waals surface area (Å²) < 4.78 is 13.0. The molecule has 0 amide bonds. The van der Waals surface area contributed by atoms with E-state index in [1.165, 1.54) is 18.2 Å². The van der Waals surface area contributed by atoms with Gasteiger partial charge in [0.25, 0.3) is 0 Å². The molecule has 0 spiro atoms. The SMILES string of the molecule is O=C(O)C(=O)CC(=O)c1ccc2[nH]c(-c3ccc(F)cc3)cc2c1. The van der Waals surface area contributed by atoms with Crippen LogP contribution in [0.2, 0.25) is 0 Å². The quantitative estimate of drug-likeness (QED) is 0.428. The van der Waals surface area contributed by atoms with Gasteiger partial charge in [0.2, 0.25) is 5.78 Å². The minimum atomic E-state index is -1.62. The highest BCUT2D eigenvalue weighted by Gasteiger charge is 2.18. The van der Waals surface area contributed by atoms with Crippen molar-refractivity contribution in [2.24, 2.45) is 0 Å². The standard InChI is InChI=1S/C18H12FNO4/c19-13-4-1-10(2-5-13)15-8-12-7-11(3-6-14(12)20-15)16(21)9-17(22)18(23)24/h1-8,20H,9H2,(H,23,24). The van der Waals surface area contributed by atoms with Crippen molar-refractivity contribution in [2.45, 2.75) is 6.42 Å². The Kier molecular flexibility index (Phi) is 3.95. The lowest BCUT2D eigenvalue weighted by Crippen LogP contribution is -2.17. The van der Waals surface area contributed by atoms with Gasteiger partial charge in [-0.15, -0.1) is 0 Å². The van der Waals surface area contributed by atoms with Gasteiger partial charge in [-0.25, -0.2) is 9.18 Å². The number of H-pyrrole nitrogens is 1. The molecule has 6 heteroatoms. The van der Waals surface area contributed by atoms with E-state index in [0.717, 1.165) is 22.2 Å². The molecule has 3 aromatic rings. The molecule has 0 saturated carbocycles. The number of carbonyl (C=O) groups excluding carboxylic acids is 2. The number of aromatic nitrogens is 1. The minimum absolute atomic E-state index is 0.266. The van der Waals surface area contributed by atoms with E-state index in [-0.39, 0.29) is 11.4 Å². The normalized spacial score (nSPS) is 10.7. The van der Waals surface area contributed by atoms with Crippen molar-refractivity contribution in [2.75, 3.05) is 0 Å². The molecule has 0 saturated heterocycles. The number of hydrogen-bond acceptors (Lipinski definition) is 3. The lowest BCUT2D eigenvalue weighted by atomic mass is 10.0. The topological polar surface area (TPSA) is 87.2 Å². The Hall–Kier alpha value is -3.28. The summed E-state index contributed by atoms with van der Waals surface area (Å²) in [5.74, 6) is -3.63. The number of benzene rings is 2. The van der Waals surface area contributed by atoms with E-state index < -0.39 is 24.0 Å². The van der Waals surface area contributed by atoms with E-state index in [1.54, 1.807) is 30.3 Å². The Morgan fingerprint density at radius 3 is 2.38 bits per heavy atom. The van der Waals surface area contributed by atoms with Crippen molar-refractivity contribution < 1.29 is 23.9 Å². The first-order valence-electron chi connectivity index (χ1n) is 7.12. The van der Waals surface area contributed by atoms with Crippen LogP contribution in [0.25, 0.3) is 22.2 Å². The first kappa shape index (κ1) is 15.6.